The molecule has 21 heavy (non-hydrogen) atoms. The summed E-state index contributed by atoms with van der Waals surface area (Å²) in [4.78, 5) is 12.2. The predicted octanol–water partition coefficient (Wildman–Crippen LogP) is 4.39. The van der Waals surface area contributed by atoms with Crippen LogP contribution in [0.3, 0.4) is 0 Å². The molecule has 6 heteroatoms. The Morgan fingerprint density at radius 3 is 2.29 bits per heavy atom. The number of ketones is 1. The van der Waals surface area contributed by atoms with E-state index in [0.29, 0.717) is 0 Å². The van der Waals surface area contributed by atoms with E-state index in [1.165, 1.54) is 19.2 Å². The summed E-state index contributed by atoms with van der Waals surface area (Å²) in [7, 11) is 1.32. The van der Waals surface area contributed by atoms with Crippen LogP contribution in [0.5, 0.6) is 5.75 Å². The number of methoxy groups -OCH3 is 1. The van der Waals surface area contributed by atoms with Crippen molar-refractivity contribution in [1.29, 1.82) is 0 Å². The van der Waals surface area contributed by atoms with Crippen molar-refractivity contribution in [3.63, 3.8) is 0 Å². The third-order valence-electron chi connectivity index (χ3n) is 4.00. The van der Waals surface area contributed by atoms with Crippen LogP contribution in [0.2, 0.25) is 0 Å². The highest BCUT2D eigenvalue weighted by atomic mass is 19.4. The first-order valence-electron chi connectivity index (χ1n) is 6.77. The van der Waals surface area contributed by atoms with Crippen molar-refractivity contribution in [3.05, 3.63) is 29.6 Å². The zero-order valence-electron chi connectivity index (χ0n) is 11.5. The minimum atomic E-state index is -4.19. The van der Waals surface area contributed by atoms with E-state index in [1.807, 2.05) is 0 Å². The minimum absolute atomic E-state index is 0.0346. The first-order valence-corrected chi connectivity index (χ1v) is 6.77. The second-order valence-electron chi connectivity index (χ2n) is 5.30. The number of halogens is 4. The summed E-state index contributed by atoms with van der Waals surface area (Å²) in [6, 6.07) is 3.88. The van der Waals surface area contributed by atoms with Crippen molar-refractivity contribution >= 4 is 5.78 Å². The molecule has 2 rings (SSSR count). The third-order valence-corrected chi connectivity index (χ3v) is 4.00. The van der Waals surface area contributed by atoms with Crippen LogP contribution in [0.1, 0.15) is 36.0 Å². The Bertz CT molecular complexity index is 517. The number of carbonyl (C=O) groups is 1. The molecule has 0 saturated heterocycles. The maximum atomic E-state index is 13.6. The van der Waals surface area contributed by atoms with Gasteiger partial charge in [-0.2, -0.15) is 13.2 Å². The van der Waals surface area contributed by atoms with Gasteiger partial charge in [-0.3, -0.25) is 4.79 Å². The molecule has 1 aromatic rings. The van der Waals surface area contributed by atoms with Gasteiger partial charge in [0.1, 0.15) is 0 Å². The molecule has 0 aliphatic heterocycles. The lowest BCUT2D eigenvalue weighted by Gasteiger charge is -2.29. The van der Waals surface area contributed by atoms with Gasteiger partial charge in [-0.1, -0.05) is 0 Å². The zero-order chi connectivity index (χ0) is 15.6. The largest absolute Gasteiger partial charge is 0.494 e. The maximum absolute atomic E-state index is 13.6. The average molecular weight is 304 g/mol. The number of carbonyl (C=O) groups excluding carboxylic acids is 1. The molecular formula is C15H16F4O2. The number of ether oxygens (including phenoxy) is 1. The molecule has 2 nitrogen and oxygen atoms in total. The molecule has 1 fully saturated rings. The Morgan fingerprint density at radius 1 is 1.19 bits per heavy atom. The SMILES string of the molecule is COc1ccc(C(=O)C2CCC(C(F)(F)F)CC2)cc1F. The highest BCUT2D eigenvalue weighted by Crippen LogP contribution is 2.40. The molecule has 116 valence electrons. The van der Waals surface area contributed by atoms with Gasteiger partial charge in [0, 0.05) is 11.5 Å². The molecule has 1 saturated carbocycles. The highest BCUT2D eigenvalue weighted by Gasteiger charge is 2.42. The van der Waals surface area contributed by atoms with Crippen LogP contribution in [0.4, 0.5) is 17.6 Å². The van der Waals surface area contributed by atoms with Gasteiger partial charge in [-0.15, -0.1) is 0 Å². The fourth-order valence-electron chi connectivity index (χ4n) is 2.74. The van der Waals surface area contributed by atoms with E-state index in [4.69, 9.17) is 4.74 Å². The topological polar surface area (TPSA) is 26.3 Å². The normalized spacial score (nSPS) is 22.9. The van der Waals surface area contributed by atoms with Crippen LogP contribution in [0.15, 0.2) is 18.2 Å². The Balaban J connectivity index is 2.04. The first kappa shape index (κ1) is 15.8. The van der Waals surface area contributed by atoms with Gasteiger partial charge in [0.25, 0.3) is 0 Å². The second-order valence-corrected chi connectivity index (χ2v) is 5.30. The molecule has 0 amide bonds. The predicted molar refractivity (Wildman–Crippen MR) is 68.8 cm³/mol. The molecule has 1 aliphatic rings. The second kappa shape index (κ2) is 6.03. The van der Waals surface area contributed by atoms with Crippen LogP contribution in [-0.4, -0.2) is 19.1 Å². The number of alkyl halides is 3. The number of rotatable bonds is 3. The minimum Gasteiger partial charge on any atom is -0.494 e. The third kappa shape index (κ3) is 3.54. The van der Waals surface area contributed by atoms with Crippen LogP contribution < -0.4 is 4.74 Å². The lowest BCUT2D eigenvalue weighted by molar-refractivity contribution is -0.183. The van der Waals surface area contributed by atoms with E-state index in [9.17, 15) is 22.4 Å². The van der Waals surface area contributed by atoms with Crippen LogP contribution >= 0.6 is 0 Å². The lowest BCUT2D eigenvalue weighted by Crippen LogP contribution is -2.30. The van der Waals surface area contributed by atoms with Crippen molar-refractivity contribution in [1.82, 2.24) is 0 Å². The van der Waals surface area contributed by atoms with Gasteiger partial charge in [0.15, 0.2) is 17.3 Å². The van der Waals surface area contributed by atoms with Crippen molar-refractivity contribution < 1.29 is 27.1 Å². The monoisotopic (exact) mass is 304 g/mol. The van der Waals surface area contributed by atoms with E-state index in [0.717, 1.165) is 6.07 Å². The van der Waals surface area contributed by atoms with E-state index < -0.39 is 23.8 Å². The van der Waals surface area contributed by atoms with Gasteiger partial charge >= 0.3 is 6.18 Å². The zero-order valence-corrected chi connectivity index (χ0v) is 11.5. The summed E-state index contributed by atoms with van der Waals surface area (Å²) in [5, 5.41) is 0. The standard InChI is InChI=1S/C15H16F4O2/c1-21-13-7-4-10(8-12(13)16)14(20)9-2-5-11(6-3-9)15(17,18)19/h4,7-9,11H,2-3,5-6H2,1H3. The van der Waals surface area contributed by atoms with E-state index >= 15 is 0 Å². The molecule has 0 radical (unpaired) electrons. The summed E-state index contributed by atoms with van der Waals surface area (Å²) in [5.74, 6) is -2.69. The molecule has 0 unspecified atom stereocenters. The van der Waals surface area contributed by atoms with Crippen LogP contribution in [-0.2, 0) is 0 Å². The molecule has 0 atom stereocenters. The molecule has 0 spiro atoms. The van der Waals surface area contributed by atoms with Crippen molar-refractivity contribution in [2.75, 3.05) is 7.11 Å². The number of hydrogen-bond donors (Lipinski definition) is 0. The van der Waals surface area contributed by atoms with Gasteiger partial charge in [-0.05, 0) is 43.9 Å². The van der Waals surface area contributed by atoms with Crippen molar-refractivity contribution in [2.45, 2.75) is 31.9 Å². The quantitative estimate of drug-likeness (QED) is 0.611. The summed E-state index contributed by atoms with van der Waals surface area (Å²) >= 11 is 0. The molecular weight excluding hydrogens is 288 g/mol. The van der Waals surface area contributed by atoms with Gasteiger partial charge < -0.3 is 4.74 Å². The van der Waals surface area contributed by atoms with E-state index in [2.05, 4.69) is 0 Å². The molecule has 0 N–H and O–H groups in total. The fraction of sp³-hybridized carbons (Fsp3) is 0.533. The highest BCUT2D eigenvalue weighted by molar-refractivity contribution is 5.98. The van der Waals surface area contributed by atoms with Gasteiger partial charge in [0.2, 0.25) is 0 Å². The van der Waals surface area contributed by atoms with Crippen molar-refractivity contribution in [2.24, 2.45) is 11.8 Å². The van der Waals surface area contributed by atoms with Gasteiger partial charge in [-0.25, -0.2) is 4.39 Å². The molecule has 1 aromatic carbocycles. The van der Waals surface area contributed by atoms with E-state index in [1.54, 1.807) is 0 Å². The smallest absolute Gasteiger partial charge is 0.391 e. The molecule has 1 aliphatic carbocycles. The van der Waals surface area contributed by atoms with Gasteiger partial charge in [0.05, 0.1) is 13.0 Å². The van der Waals surface area contributed by atoms with Crippen LogP contribution in [0, 0.1) is 17.7 Å². The Kier molecular flexibility index (Phi) is 4.54. The Hall–Kier alpha value is -1.59. The number of Topliss-reactive ketones (excluding diaryl/α,β-unsaturated/α-hetero) is 1. The van der Waals surface area contributed by atoms with Crippen LogP contribution in [0.25, 0.3) is 0 Å². The molecule has 0 aromatic heterocycles. The lowest BCUT2D eigenvalue weighted by atomic mass is 9.78. The molecule has 0 heterocycles. The van der Waals surface area contributed by atoms with E-state index in [-0.39, 0.29) is 42.8 Å². The Labute approximate surface area is 120 Å². The summed E-state index contributed by atoms with van der Waals surface area (Å²) in [6.45, 7) is 0. The Morgan fingerprint density at radius 2 is 1.81 bits per heavy atom. The summed E-state index contributed by atoms with van der Waals surface area (Å²) < 4.78 is 56.1. The summed E-state index contributed by atoms with van der Waals surface area (Å²) in [6.07, 6.45) is -3.90. The number of hydrogen-bond acceptors (Lipinski definition) is 2. The summed E-state index contributed by atoms with van der Waals surface area (Å²) in [5.41, 5.74) is 0.184. The molecule has 0 bridgehead atoms. The number of benzene rings is 1. The first-order chi connectivity index (χ1) is 9.82. The fourth-order valence-corrected chi connectivity index (χ4v) is 2.74. The van der Waals surface area contributed by atoms with Crippen molar-refractivity contribution in [3.8, 4) is 5.75 Å². The maximum Gasteiger partial charge on any atom is 0.391 e. The average Bonchev–Trinajstić information content (AvgIpc) is 2.45.